The first kappa shape index (κ1) is 27.6. The second-order valence-electron chi connectivity index (χ2n) is 10.6. The summed E-state index contributed by atoms with van der Waals surface area (Å²) in [7, 11) is 0. The summed E-state index contributed by atoms with van der Waals surface area (Å²) in [4.78, 5) is 49.0. The molecule has 0 radical (unpaired) electrons. The number of halogens is 3. The maximum Gasteiger partial charge on any atom is 0.493 e. The number of carbonyl (C=O) groups is 3. The van der Waals surface area contributed by atoms with E-state index in [1.807, 2.05) is 5.32 Å². The van der Waals surface area contributed by atoms with Crippen LogP contribution in [-0.4, -0.2) is 73.4 Å². The number of imide groups is 1. The van der Waals surface area contributed by atoms with Gasteiger partial charge in [-0.2, -0.15) is 32.8 Å². The van der Waals surface area contributed by atoms with Crippen molar-refractivity contribution in [3.05, 3.63) is 17.5 Å². The normalized spacial score (nSPS) is 22.8. The molecule has 0 aromatic carbocycles. The summed E-state index contributed by atoms with van der Waals surface area (Å²) in [5.41, 5.74) is -0.206. The third-order valence-electron chi connectivity index (χ3n) is 6.74. The van der Waals surface area contributed by atoms with Gasteiger partial charge >= 0.3 is 18.2 Å². The molecule has 0 spiro atoms. The van der Waals surface area contributed by atoms with Crippen LogP contribution in [0.5, 0.6) is 0 Å². The Morgan fingerprint density at radius 2 is 1.75 bits per heavy atom. The van der Waals surface area contributed by atoms with Crippen molar-refractivity contribution in [3.63, 3.8) is 0 Å². The minimum absolute atomic E-state index is 0.0306. The van der Waals surface area contributed by atoms with Crippen LogP contribution in [0.2, 0.25) is 0 Å². The van der Waals surface area contributed by atoms with Crippen molar-refractivity contribution in [1.82, 2.24) is 35.3 Å². The SMILES string of the molecule is CC(C)CN[C@H]1CC[C@H](Nc2nc(NC3CC3)n3ncc(/C=C4/C(=O)NC(=O)N4OC(=O)C(F)(F)F)c3n2)CC1. The van der Waals surface area contributed by atoms with Gasteiger partial charge in [0.2, 0.25) is 11.9 Å². The van der Waals surface area contributed by atoms with E-state index in [0.29, 0.717) is 23.9 Å². The van der Waals surface area contributed by atoms with Crippen LogP contribution < -0.4 is 21.3 Å². The number of fused-ring (bicyclic) bond motifs is 1. The Hall–Kier alpha value is -3.95. The van der Waals surface area contributed by atoms with Crippen molar-refractivity contribution in [2.24, 2.45) is 5.92 Å². The Labute approximate surface area is 226 Å². The van der Waals surface area contributed by atoms with Crippen molar-refractivity contribution in [2.75, 3.05) is 17.2 Å². The van der Waals surface area contributed by atoms with Crippen molar-refractivity contribution < 1.29 is 32.4 Å². The van der Waals surface area contributed by atoms with Gasteiger partial charge in [0.05, 0.1) is 6.20 Å². The van der Waals surface area contributed by atoms with Crippen LogP contribution >= 0.6 is 0 Å². The third-order valence-corrected chi connectivity index (χ3v) is 6.74. The smallest absolute Gasteiger partial charge is 0.351 e. The molecule has 3 amide bonds. The van der Waals surface area contributed by atoms with Gasteiger partial charge in [-0.1, -0.05) is 13.8 Å². The second kappa shape index (κ2) is 10.9. The van der Waals surface area contributed by atoms with Crippen LogP contribution in [0.4, 0.5) is 29.9 Å². The van der Waals surface area contributed by atoms with Gasteiger partial charge in [-0.05, 0) is 57.1 Å². The highest BCUT2D eigenvalue weighted by atomic mass is 19.4. The molecular weight excluding hydrogens is 535 g/mol. The Balaban J connectivity index is 1.40. The van der Waals surface area contributed by atoms with Crippen LogP contribution in [0, 0.1) is 5.92 Å². The number of hydrogen-bond acceptors (Lipinski definition) is 10. The van der Waals surface area contributed by atoms with Crippen molar-refractivity contribution in [2.45, 2.75) is 76.7 Å². The Morgan fingerprint density at radius 3 is 2.40 bits per heavy atom. The highest BCUT2D eigenvalue weighted by molar-refractivity contribution is 6.14. The van der Waals surface area contributed by atoms with Crippen LogP contribution in [0.25, 0.3) is 11.7 Å². The number of urea groups is 1. The first-order valence-corrected chi connectivity index (χ1v) is 13.2. The molecule has 16 heteroatoms. The van der Waals surface area contributed by atoms with Crippen molar-refractivity contribution in [1.29, 1.82) is 0 Å². The molecule has 2 aliphatic carbocycles. The van der Waals surface area contributed by atoms with E-state index in [0.717, 1.165) is 51.1 Å². The monoisotopic (exact) mass is 565 g/mol. The quantitative estimate of drug-likeness (QED) is 0.263. The average molecular weight is 566 g/mol. The third kappa shape index (κ3) is 6.26. The first-order chi connectivity index (χ1) is 19.0. The maximum absolute atomic E-state index is 12.7. The van der Waals surface area contributed by atoms with E-state index >= 15 is 0 Å². The molecule has 3 aliphatic rings. The van der Waals surface area contributed by atoms with E-state index < -0.39 is 29.8 Å². The predicted molar refractivity (Wildman–Crippen MR) is 135 cm³/mol. The lowest BCUT2D eigenvalue weighted by molar-refractivity contribution is -0.221. The van der Waals surface area contributed by atoms with Gasteiger partial charge in [0.15, 0.2) is 11.3 Å². The molecule has 1 aliphatic heterocycles. The highest BCUT2D eigenvalue weighted by Gasteiger charge is 2.46. The standard InChI is InChI=1S/C24H30F3N9O4/c1-12(2)10-28-14-3-5-15(6-4-14)30-21-32-18-13(11-29-35(18)22(34-21)31-16-7-8-16)9-17-19(37)33-23(39)36(17)40-20(38)24(25,26)27/h9,11-12,14-16,28H,3-8,10H2,1-2H3,(H,33,37,39)(H2,30,31,32,34)/b17-9-/t14-,15-. The summed E-state index contributed by atoms with van der Waals surface area (Å²) in [6, 6.07) is -0.529. The van der Waals surface area contributed by atoms with Crippen LogP contribution in [-0.2, 0) is 14.4 Å². The number of rotatable bonds is 9. The molecule has 0 atom stereocenters. The molecule has 1 saturated heterocycles. The van der Waals surface area contributed by atoms with E-state index in [1.54, 1.807) is 0 Å². The van der Waals surface area contributed by atoms with Crippen LogP contribution in [0.3, 0.4) is 0 Å². The fraction of sp³-hybridized carbons (Fsp3) is 0.583. The van der Waals surface area contributed by atoms with E-state index in [1.165, 1.54) is 10.7 Å². The molecule has 3 heterocycles. The minimum Gasteiger partial charge on any atom is -0.351 e. The zero-order chi connectivity index (χ0) is 28.6. The topological polar surface area (TPSA) is 155 Å². The summed E-state index contributed by atoms with van der Waals surface area (Å²) in [6.07, 6.45) is 2.77. The van der Waals surface area contributed by atoms with Crippen molar-refractivity contribution >= 4 is 41.5 Å². The number of alkyl halides is 3. The summed E-state index contributed by atoms with van der Waals surface area (Å²) in [6.45, 7) is 5.31. The number of nitrogens with one attached hydrogen (secondary N) is 4. The van der Waals surface area contributed by atoms with Gasteiger partial charge < -0.3 is 20.8 Å². The summed E-state index contributed by atoms with van der Waals surface area (Å²) in [5, 5.41) is 16.3. The number of anilines is 2. The van der Waals surface area contributed by atoms with Gasteiger partial charge in [-0.3, -0.25) is 10.1 Å². The molecule has 4 N–H and O–H groups in total. The average Bonchev–Trinajstić information content (AvgIpc) is 3.55. The lowest BCUT2D eigenvalue weighted by Gasteiger charge is -2.30. The molecule has 2 aromatic rings. The van der Waals surface area contributed by atoms with Crippen LogP contribution in [0.15, 0.2) is 11.9 Å². The molecule has 40 heavy (non-hydrogen) atoms. The molecule has 2 saturated carbocycles. The largest absolute Gasteiger partial charge is 0.493 e. The Bertz CT molecular complexity index is 1330. The summed E-state index contributed by atoms with van der Waals surface area (Å²) in [5.74, 6) is -2.40. The van der Waals surface area contributed by atoms with Gasteiger partial charge in [0, 0.05) is 23.7 Å². The number of carbonyl (C=O) groups excluding carboxylic acids is 3. The number of hydrogen-bond donors (Lipinski definition) is 4. The number of hydroxylamine groups is 2. The number of aromatic nitrogens is 4. The first-order valence-electron chi connectivity index (χ1n) is 13.2. The van der Waals surface area contributed by atoms with E-state index in [-0.39, 0.29) is 28.4 Å². The maximum atomic E-state index is 12.7. The molecule has 13 nitrogen and oxygen atoms in total. The van der Waals surface area contributed by atoms with E-state index in [2.05, 4.69) is 49.7 Å². The molecule has 3 fully saturated rings. The molecular formula is C24H30F3N9O4. The summed E-state index contributed by atoms with van der Waals surface area (Å²) < 4.78 is 39.6. The molecule has 0 bridgehead atoms. The van der Waals surface area contributed by atoms with Gasteiger partial charge in [0.25, 0.3) is 5.91 Å². The minimum atomic E-state index is -5.37. The highest BCUT2D eigenvalue weighted by Crippen LogP contribution is 2.28. The Morgan fingerprint density at radius 1 is 1.10 bits per heavy atom. The van der Waals surface area contributed by atoms with Gasteiger partial charge in [-0.25, -0.2) is 9.59 Å². The lowest BCUT2D eigenvalue weighted by atomic mass is 9.91. The zero-order valence-corrected chi connectivity index (χ0v) is 21.9. The lowest BCUT2D eigenvalue weighted by Crippen LogP contribution is -2.38. The van der Waals surface area contributed by atoms with Crippen LogP contribution in [0.1, 0.15) is 57.9 Å². The summed E-state index contributed by atoms with van der Waals surface area (Å²) >= 11 is 0. The second-order valence-corrected chi connectivity index (χ2v) is 10.6. The molecule has 0 unspecified atom stereocenters. The predicted octanol–water partition coefficient (Wildman–Crippen LogP) is 2.58. The van der Waals surface area contributed by atoms with Crippen molar-refractivity contribution in [3.8, 4) is 0 Å². The fourth-order valence-electron chi connectivity index (χ4n) is 4.50. The van der Waals surface area contributed by atoms with E-state index in [4.69, 9.17) is 0 Å². The van der Waals surface area contributed by atoms with Gasteiger partial charge in [-0.15, -0.1) is 5.06 Å². The van der Waals surface area contributed by atoms with Gasteiger partial charge in [0.1, 0.15) is 0 Å². The zero-order valence-electron chi connectivity index (χ0n) is 21.9. The molecule has 5 rings (SSSR count). The van der Waals surface area contributed by atoms with E-state index in [9.17, 15) is 27.6 Å². The number of amides is 3. The molecule has 2 aromatic heterocycles. The molecule has 216 valence electrons. The number of nitrogens with zero attached hydrogens (tertiary/aromatic N) is 5. The fourth-order valence-corrected chi connectivity index (χ4v) is 4.50. The Kier molecular flexibility index (Phi) is 7.53.